The smallest absolute Gasteiger partial charge is 0.120 e. The van der Waals surface area contributed by atoms with E-state index in [2.05, 4.69) is 13.8 Å². The molecule has 0 aromatic rings. The lowest BCUT2D eigenvalue weighted by molar-refractivity contribution is 0.674. The second-order valence-electron chi connectivity index (χ2n) is 3.06. The zero-order valence-electron chi connectivity index (χ0n) is 7.50. The summed E-state index contributed by atoms with van der Waals surface area (Å²) in [5.74, 6) is 0. The Morgan fingerprint density at radius 1 is 1.18 bits per heavy atom. The van der Waals surface area contributed by atoms with Crippen LogP contribution in [0.4, 0.5) is 0 Å². The first-order chi connectivity index (χ1) is 5.12. The fourth-order valence-electron chi connectivity index (χ4n) is 1.12. The van der Waals surface area contributed by atoms with E-state index in [4.69, 9.17) is 23.2 Å². The third-order valence-electron chi connectivity index (χ3n) is 1.76. The molecule has 0 aliphatic rings. The summed E-state index contributed by atoms with van der Waals surface area (Å²) in [5, 5.41) is 1.21. The minimum atomic E-state index is -0.316. The summed E-state index contributed by atoms with van der Waals surface area (Å²) >= 11 is 12.0. The van der Waals surface area contributed by atoms with Gasteiger partial charge in [0.15, 0.2) is 0 Å². The zero-order chi connectivity index (χ0) is 8.74. The van der Waals surface area contributed by atoms with Crippen LogP contribution in [0, 0.1) is 0 Å². The Balaban J connectivity index is 3.38. The topological polar surface area (TPSA) is 0 Å². The molecule has 0 radical (unpaired) electrons. The molecule has 0 aliphatic carbocycles. The van der Waals surface area contributed by atoms with E-state index < -0.39 is 0 Å². The van der Waals surface area contributed by atoms with Gasteiger partial charge in [-0.25, -0.2) is 0 Å². The van der Waals surface area contributed by atoms with Gasteiger partial charge in [-0.2, -0.15) is 0 Å². The van der Waals surface area contributed by atoms with Crippen molar-refractivity contribution in [2.24, 2.45) is 0 Å². The van der Waals surface area contributed by atoms with Crippen LogP contribution >= 0.6 is 23.2 Å². The van der Waals surface area contributed by atoms with Crippen LogP contribution in [0.15, 0.2) is 0 Å². The summed E-state index contributed by atoms with van der Waals surface area (Å²) in [6, 6.07) is 0. The van der Waals surface area contributed by atoms with Gasteiger partial charge in [0.05, 0.1) is 3.20 Å². The van der Waals surface area contributed by atoms with Crippen LogP contribution in [-0.2, 0) is 0 Å². The van der Waals surface area contributed by atoms with E-state index in [-0.39, 0.29) is 18.4 Å². The maximum Gasteiger partial charge on any atom is 0.294 e. The van der Waals surface area contributed by atoms with Crippen LogP contribution in [0.5, 0.6) is 0 Å². The molecule has 0 N–H and O–H groups in total. The van der Waals surface area contributed by atoms with Gasteiger partial charge >= 0.3 is 0 Å². The molecule has 0 unspecified atom stereocenters. The van der Waals surface area contributed by atoms with Crippen molar-refractivity contribution in [3.8, 4) is 0 Å². The zero-order valence-corrected chi connectivity index (χ0v) is 10.4. The third kappa shape index (κ3) is 7.47. The molecule has 66 valence electrons. The fourth-order valence-corrected chi connectivity index (χ4v) is 3.76. The molecule has 3 heteroatoms. The molecular formula is C8H17AlCl2. The van der Waals surface area contributed by atoms with Crippen LogP contribution in [0.25, 0.3) is 0 Å². The normalized spacial score (nSPS) is 11.6. The second-order valence-corrected chi connectivity index (χ2v) is 8.31. The number of halogens is 2. The first-order valence-corrected chi connectivity index (χ1v) is 6.96. The monoisotopic (exact) mass is 210 g/mol. The van der Waals surface area contributed by atoms with Gasteiger partial charge in [0.2, 0.25) is 0 Å². The molecule has 0 aliphatic heterocycles. The van der Waals surface area contributed by atoms with E-state index in [9.17, 15) is 0 Å². The summed E-state index contributed by atoms with van der Waals surface area (Å²) < 4.78 is -0.316. The Hall–Kier alpha value is 1.11. The molecule has 0 nitrogen and oxygen atoms in total. The Kier molecular flexibility index (Phi) is 7.28. The van der Waals surface area contributed by atoms with Crippen LogP contribution in [0.2, 0.25) is 5.28 Å². The van der Waals surface area contributed by atoms with E-state index in [0.717, 1.165) is 6.42 Å². The molecular weight excluding hydrogens is 194 g/mol. The predicted molar refractivity (Wildman–Crippen MR) is 56.2 cm³/mol. The highest BCUT2D eigenvalue weighted by Gasteiger charge is 2.23. The van der Waals surface area contributed by atoms with E-state index in [1.54, 1.807) is 0 Å². The minimum absolute atomic E-state index is 0.247. The molecule has 11 heavy (non-hydrogen) atoms. The van der Waals surface area contributed by atoms with E-state index in [1.165, 1.54) is 24.5 Å². The van der Waals surface area contributed by atoms with Gasteiger partial charge in [0.1, 0.15) is 0 Å². The number of hydrogen-bond acceptors (Lipinski definition) is 0. The molecule has 0 saturated carbocycles. The van der Waals surface area contributed by atoms with Gasteiger partial charge in [-0.1, -0.05) is 38.4 Å². The van der Waals surface area contributed by atoms with Crippen molar-refractivity contribution in [1.82, 2.24) is 0 Å². The number of unbranched alkanes of at least 4 members (excludes halogenated alkanes) is 2. The van der Waals surface area contributed by atoms with E-state index in [0.29, 0.717) is 0 Å². The average molecular weight is 211 g/mol. The number of alkyl halides is 2. The van der Waals surface area contributed by atoms with Crippen molar-refractivity contribution < 1.29 is 0 Å². The molecule has 0 aromatic carbocycles. The van der Waals surface area contributed by atoms with Gasteiger partial charge in [0.25, 0.3) is 15.2 Å². The number of hydrogen-bond donors (Lipinski definition) is 0. The average Bonchev–Trinajstić information content (AvgIpc) is 1.87. The highest BCUT2D eigenvalue weighted by molar-refractivity contribution is 6.72. The maximum atomic E-state index is 6.10. The van der Waals surface area contributed by atoms with Gasteiger partial charge in [-0.3, -0.25) is 0 Å². The first kappa shape index (κ1) is 12.1. The van der Waals surface area contributed by atoms with Gasteiger partial charge in [0, 0.05) is 0 Å². The van der Waals surface area contributed by atoms with Crippen molar-refractivity contribution in [1.29, 1.82) is 0 Å². The lowest BCUT2D eigenvalue weighted by Gasteiger charge is -2.16. The van der Waals surface area contributed by atoms with Crippen molar-refractivity contribution in [2.45, 2.75) is 48.0 Å². The molecule has 0 aromatic heterocycles. The highest BCUT2D eigenvalue weighted by atomic mass is 35.5. The second kappa shape index (κ2) is 6.61. The summed E-state index contributed by atoms with van der Waals surface area (Å²) in [4.78, 5) is 0. The van der Waals surface area contributed by atoms with Gasteiger partial charge in [-0.15, -0.1) is 23.2 Å². The maximum absolute atomic E-state index is 6.10. The summed E-state index contributed by atoms with van der Waals surface area (Å²) in [6.45, 7) is 4.37. The fraction of sp³-hybridized carbons (Fsp3) is 1.00. The summed E-state index contributed by atoms with van der Waals surface area (Å²) in [6.07, 6.45) is 4.71. The number of rotatable bonds is 6. The lowest BCUT2D eigenvalue weighted by atomic mass is 10.2. The standard InChI is InChI=1S/C6H11Cl2.C2H5.Al.H/c1-2-3-4-5-6(7)8;1-2;;/h2-5H2,1H3;1H2,2H3;;. The highest BCUT2D eigenvalue weighted by Crippen LogP contribution is 2.27. The Bertz CT molecular complexity index is 94.1. The van der Waals surface area contributed by atoms with Crippen LogP contribution < -0.4 is 0 Å². The van der Waals surface area contributed by atoms with E-state index in [1.807, 2.05) is 0 Å². The molecule has 0 bridgehead atoms. The molecule has 0 atom stereocenters. The molecule has 0 rings (SSSR count). The van der Waals surface area contributed by atoms with Crippen molar-refractivity contribution >= 4 is 38.4 Å². The minimum Gasteiger partial charge on any atom is -0.120 e. The SMILES string of the molecule is CCCCC[C](Cl)(Cl)[AlH][CH2]C. The molecule has 0 fully saturated rings. The Morgan fingerprint density at radius 2 is 1.82 bits per heavy atom. The van der Waals surface area contributed by atoms with Crippen LogP contribution in [0.3, 0.4) is 0 Å². The molecule has 0 saturated heterocycles. The van der Waals surface area contributed by atoms with Crippen LogP contribution in [-0.4, -0.2) is 18.4 Å². The van der Waals surface area contributed by atoms with Crippen molar-refractivity contribution in [3.63, 3.8) is 0 Å². The lowest BCUT2D eigenvalue weighted by Crippen LogP contribution is -2.21. The summed E-state index contributed by atoms with van der Waals surface area (Å²) in [5.41, 5.74) is 0. The van der Waals surface area contributed by atoms with Gasteiger partial charge < -0.3 is 0 Å². The van der Waals surface area contributed by atoms with Crippen molar-refractivity contribution in [2.75, 3.05) is 0 Å². The largest absolute Gasteiger partial charge is 0.294 e. The van der Waals surface area contributed by atoms with Crippen molar-refractivity contribution in [3.05, 3.63) is 0 Å². The summed E-state index contributed by atoms with van der Waals surface area (Å²) in [7, 11) is 0. The predicted octanol–water partition coefficient (Wildman–Crippen LogP) is 3.57. The van der Waals surface area contributed by atoms with Crippen LogP contribution in [0.1, 0.15) is 39.5 Å². The quantitative estimate of drug-likeness (QED) is 0.358. The van der Waals surface area contributed by atoms with Gasteiger partial charge in [-0.05, 0) is 6.42 Å². The first-order valence-electron chi connectivity index (χ1n) is 4.50. The molecule has 0 heterocycles. The molecule has 0 spiro atoms. The Labute approximate surface area is 86.4 Å². The third-order valence-corrected chi connectivity index (χ3v) is 4.86. The Morgan fingerprint density at radius 3 is 2.27 bits per heavy atom. The van der Waals surface area contributed by atoms with E-state index >= 15 is 0 Å². The molecule has 0 amide bonds.